The van der Waals surface area contributed by atoms with Crippen molar-refractivity contribution < 1.29 is 4.79 Å². The second kappa shape index (κ2) is 9.37. The van der Waals surface area contributed by atoms with Crippen molar-refractivity contribution in [3.05, 3.63) is 88.2 Å². The first-order chi connectivity index (χ1) is 17.3. The van der Waals surface area contributed by atoms with Gasteiger partial charge in [-0.2, -0.15) is 0 Å². The van der Waals surface area contributed by atoms with E-state index in [9.17, 15) is 9.59 Å². The number of hydrogen-bond acceptors (Lipinski definition) is 5. The van der Waals surface area contributed by atoms with Crippen LogP contribution in [0.1, 0.15) is 43.5 Å². The molecule has 0 bridgehead atoms. The molecule has 3 heterocycles. The summed E-state index contributed by atoms with van der Waals surface area (Å²) in [7, 11) is 1.92. The fourth-order valence-corrected chi connectivity index (χ4v) is 4.50. The summed E-state index contributed by atoms with van der Waals surface area (Å²) in [6.45, 7) is 6.22. The number of rotatable bonds is 7. The number of aryl methyl sites for hydroxylation is 1. The predicted octanol–water partition coefficient (Wildman–Crippen LogP) is 4.49. The van der Waals surface area contributed by atoms with Gasteiger partial charge in [-0.15, -0.1) is 0 Å². The number of hydrogen-bond donors (Lipinski definition) is 1. The Kier molecular flexibility index (Phi) is 6.10. The summed E-state index contributed by atoms with van der Waals surface area (Å²) in [5.41, 5.74) is 5.74. The van der Waals surface area contributed by atoms with Crippen LogP contribution in [0.4, 0.5) is 0 Å². The zero-order valence-electron chi connectivity index (χ0n) is 20.8. The molecule has 182 valence electrons. The minimum Gasteiger partial charge on any atom is -0.334 e. The highest BCUT2D eigenvalue weighted by Gasteiger charge is 2.15. The van der Waals surface area contributed by atoms with Gasteiger partial charge in [-0.05, 0) is 24.0 Å². The lowest BCUT2D eigenvalue weighted by molar-refractivity contribution is -0.116. The number of carbonyl (C=O) groups excluding carboxylic acids is 1. The van der Waals surface area contributed by atoms with Crippen molar-refractivity contribution in [1.29, 1.82) is 0 Å². The molecule has 8 heteroatoms. The third kappa shape index (κ3) is 4.49. The van der Waals surface area contributed by atoms with E-state index in [0.717, 1.165) is 33.8 Å². The number of ketones is 1. The van der Waals surface area contributed by atoms with Crippen molar-refractivity contribution >= 4 is 16.9 Å². The number of aromatic amines is 1. The molecule has 0 aliphatic carbocycles. The SMILES string of the molecule is CC(=O)Cc1cn(C)c(-c2ccc(Cn3c(=O)[nH]c4cnc(-c5ccccc5C(C)C)nc43)cc2)n1. The minimum atomic E-state index is -0.226. The molecule has 5 aromatic rings. The van der Waals surface area contributed by atoms with E-state index in [1.54, 1.807) is 17.7 Å². The van der Waals surface area contributed by atoms with Gasteiger partial charge in [-0.1, -0.05) is 62.4 Å². The minimum absolute atomic E-state index is 0.0822. The zero-order chi connectivity index (χ0) is 25.4. The molecule has 0 saturated heterocycles. The topological polar surface area (TPSA) is 98.5 Å². The fraction of sp³-hybridized carbons (Fsp3) is 0.250. The Morgan fingerprint density at radius 3 is 2.53 bits per heavy atom. The Hall–Kier alpha value is -4.33. The summed E-state index contributed by atoms with van der Waals surface area (Å²) in [6, 6.07) is 16.0. The average molecular weight is 481 g/mol. The van der Waals surface area contributed by atoms with Gasteiger partial charge >= 0.3 is 5.69 Å². The van der Waals surface area contributed by atoms with E-state index < -0.39 is 0 Å². The van der Waals surface area contributed by atoms with E-state index in [4.69, 9.17) is 4.98 Å². The van der Waals surface area contributed by atoms with Crippen LogP contribution in [-0.4, -0.2) is 34.9 Å². The molecule has 0 aliphatic rings. The average Bonchev–Trinajstić information content (AvgIpc) is 3.37. The lowest BCUT2D eigenvalue weighted by Gasteiger charge is -2.11. The number of nitrogens with zero attached hydrogens (tertiary/aromatic N) is 5. The molecule has 5 rings (SSSR count). The van der Waals surface area contributed by atoms with Gasteiger partial charge in [0.15, 0.2) is 11.5 Å². The van der Waals surface area contributed by atoms with Gasteiger partial charge in [0.2, 0.25) is 0 Å². The highest BCUT2D eigenvalue weighted by molar-refractivity contribution is 5.78. The Labute approximate surface area is 208 Å². The Morgan fingerprint density at radius 1 is 1.06 bits per heavy atom. The standard InChI is InChI=1S/C28H28N6O2/c1-17(2)22-7-5-6-8-23(22)25-29-14-24-27(32-25)34(28(36)31-24)15-19-9-11-20(12-10-19)26-30-21(13-18(3)35)16-33(26)4/h5-12,14,16-17H,13,15H2,1-4H3,(H,31,36). The maximum atomic E-state index is 12.8. The second-order valence-electron chi connectivity index (χ2n) is 9.43. The van der Waals surface area contributed by atoms with Gasteiger partial charge < -0.3 is 9.55 Å². The summed E-state index contributed by atoms with van der Waals surface area (Å²) in [5, 5.41) is 0. The van der Waals surface area contributed by atoms with Crippen LogP contribution >= 0.6 is 0 Å². The smallest absolute Gasteiger partial charge is 0.328 e. The fourth-order valence-electron chi connectivity index (χ4n) is 4.50. The summed E-state index contributed by atoms with van der Waals surface area (Å²) in [4.78, 5) is 41.0. The van der Waals surface area contributed by atoms with Crippen LogP contribution in [0.5, 0.6) is 0 Å². The Balaban J connectivity index is 1.46. The van der Waals surface area contributed by atoms with Crippen molar-refractivity contribution in [1.82, 2.24) is 29.1 Å². The Bertz CT molecular complexity index is 1620. The largest absolute Gasteiger partial charge is 0.334 e. The highest BCUT2D eigenvalue weighted by Crippen LogP contribution is 2.27. The van der Waals surface area contributed by atoms with E-state index in [1.165, 1.54) is 0 Å². The van der Waals surface area contributed by atoms with E-state index in [0.29, 0.717) is 35.9 Å². The number of nitrogens with one attached hydrogen (secondary N) is 1. The number of aromatic nitrogens is 6. The summed E-state index contributed by atoms with van der Waals surface area (Å²) < 4.78 is 3.56. The van der Waals surface area contributed by atoms with Crippen molar-refractivity contribution in [2.75, 3.05) is 0 Å². The molecule has 0 amide bonds. The summed E-state index contributed by atoms with van der Waals surface area (Å²) in [6.07, 6.45) is 3.88. The molecule has 0 fully saturated rings. The lowest BCUT2D eigenvalue weighted by atomic mass is 9.97. The molecule has 0 aliphatic heterocycles. The predicted molar refractivity (Wildman–Crippen MR) is 140 cm³/mol. The molecule has 3 aromatic heterocycles. The molecule has 8 nitrogen and oxygen atoms in total. The van der Waals surface area contributed by atoms with Crippen LogP contribution in [0.25, 0.3) is 33.9 Å². The first kappa shape index (κ1) is 23.4. The maximum absolute atomic E-state index is 12.8. The quantitative estimate of drug-likeness (QED) is 0.370. The van der Waals surface area contributed by atoms with Crippen LogP contribution in [0.2, 0.25) is 0 Å². The molecule has 36 heavy (non-hydrogen) atoms. The van der Waals surface area contributed by atoms with Crippen molar-refractivity contribution in [2.45, 2.75) is 39.7 Å². The molecular weight excluding hydrogens is 452 g/mol. The van der Waals surface area contributed by atoms with Crippen LogP contribution in [0.15, 0.2) is 65.7 Å². The monoisotopic (exact) mass is 480 g/mol. The van der Waals surface area contributed by atoms with Crippen molar-refractivity contribution in [2.24, 2.45) is 7.05 Å². The number of fused-ring (bicyclic) bond motifs is 1. The van der Waals surface area contributed by atoms with E-state index in [1.807, 2.05) is 60.3 Å². The zero-order valence-corrected chi connectivity index (χ0v) is 20.8. The van der Waals surface area contributed by atoms with Crippen molar-refractivity contribution in [3.8, 4) is 22.8 Å². The van der Waals surface area contributed by atoms with E-state index >= 15 is 0 Å². The molecular formula is C28H28N6O2. The summed E-state index contributed by atoms with van der Waals surface area (Å²) >= 11 is 0. The van der Waals surface area contributed by atoms with Gasteiger partial charge in [0, 0.05) is 30.8 Å². The normalized spacial score (nSPS) is 11.5. The molecule has 0 spiro atoms. The third-order valence-electron chi connectivity index (χ3n) is 6.24. The van der Waals surface area contributed by atoms with Gasteiger partial charge in [-0.25, -0.2) is 19.7 Å². The number of benzene rings is 2. The third-order valence-corrected chi connectivity index (χ3v) is 6.24. The number of imidazole rings is 2. The molecule has 2 aromatic carbocycles. The highest BCUT2D eigenvalue weighted by atomic mass is 16.1. The molecule has 0 radical (unpaired) electrons. The van der Waals surface area contributed by atoms with Crippen molar-refractivity contribution in [3.63, 3.8) is 0 Å². The molecule has 1 N–H and O–H groups in total. The van der Waals surface area contributed by atoms with Crippen LogP contribution in [0.3, 0.4) is 0 Å². The Morgan fingerprint density at radius 2 is 1.81 bits per heavy atom. The summed E-state index contributed by atoms with van der Waals surface area (Å²) in [5.74, 6) is 1.80. The lowest BCUT2D eigenvalue weighted by Crippen LogP contribution is -2.17. The molecule has 0 unspecified atom stereocenters. The van der Waals surface area contributed by atoms with Gasteiger partial charge in [0.1, 0.15) is 17.1 Å². The number of H-pyrrole nitrogens is 1. The van der Waals surface area contributed by atoms with Crippen LogP contribution < -0.4 is 5.69 Å². The number of Topliss-reactive ketones (excluding diaryl/α,β-unsaturated/α-hetero) is 1. The van der Waals surface area contributed by atoms with E-state index in [2.05, 4.69) is 34.9 Å². The van der Waals surface area contributed by atoms with Gasteiger partial charge in [0.25, 0.3) is 0 Å². The van der Waals surface area contributed by atoms with Gasteiger partial charge in [0.05, 0.1) is 18.4 Å². The van der Waals surface area contributed by atoms with Gasteiger partial charge in [-0.3, -0.25) is 9.36 Å². The van der Waals surface area contributed by atoms with E-state index in [-0.39, 0.29) is 11.5 Å². The number of carbonyl (C=O) groups is 1. The maximum Gasteiger partial charge on any atom is 0.328 e. The first-order valence-electron chi connectivity index (χ1n) is 12.0. The molecule has 0 saturated carbocycles. The second-order valence-corrected chi connectivity index (χ2v) is 9.43. The first-order valence-corrected chi connectivity index (χ1v) is 12.0. The molecule has 0 atom stereocenters. The van der Waals surface area contributed by atoms with Crippen LogP contribution in [-0.2, 0) is 24.8 Å². The van der Waals surface area contributed by atoms with Crippen LogP contribution in [0, 0.1) is 0 Å².